The molecule has 9 nitrogen and oxygen atoms in total. The Morgan fingerprint density at radius 1 is 0.978 bits per heavy atom. The van der Waals surface area contributed by atoms with Gasteiger partial charge in [-0.05, 0) is 73.9 Å². The van der Waals surface area contributed by atoms with Crippen LogP contribution in [0.4, 0.5) is 18.9 Å². The summed E-state index contributed by atoms with van der Waals surface area (Å²) in [5, 5.41) is 0.611. The number of thiazole rings is 1. The number of benzene rings is 2. The Balaban J connectivity index is 1.25. The second-order valence-electron chi connectivity index (χ2n) is 11.8. The van der Waals surface area contributed by atoms with Gasteiger partial charge in [-0.3, -0.25) is 19.3 Å². The van der Waals surface area contributed by atoms with Gasteiger partial charge in [0.15, 0.2) is 18.1 Å². The number of H-pyrrole nitrogens is 1. The summed E-state index contributed by atoms with van der Waals surface area (Å²) in [6.45, 7) is 3.77. The SMILES string of the molecule is CCOC(=O)COc1ccc([C@@H]2c3sc(=O)[nH]c3S[C@@H]3[C@@H]4C[C@@H]([C@@H]5C(=O)N(c6cccc(C(F)(F)F)c6)C(=O)[C@@H]45)[C@H]23)cc1OCC. The van der Waals surface area contributed by atoms with E-state index in [1.165, 1.54) is 23.9 Å². The second kappa shape index (κ2) is 11.5. The van der Waals surface area contributed by atoms with Crippen molar-refractivity contribution in [1.82, 2.24) is 4.98 Å². The van der Waals surface area contributed by atoms with Crippen LogP contribution < -0.4 is 19.2 Å². The molecule has 0 radical (unpaired) electrons. The maximum atomic E-state index is 14.0. The van der Waals surface area contributed by atoms with Gasteiger partial charge in [0.1, 0.15) is 0 Å². The van der Waals surface area contributed by atoms with Crippen LogP contribution in [0, 0.1) is 29.6 Å². The predicted octanol–water partition coefficient (Wildman–Crippen LogP) is 5.47. The van der Waals surface area contributed by atoms with E-state index in [4.69, 9.17) is 14.2 Å². The number of fused-ring (bicyclic) bond motifs is 9. The van der Waals surface area contributed by atoms with Crippen molar-refractivity contribution in [2.75, 3.05) is 24.7 Å². The number of aromatic amines is 1. The highest BCUT2D eigenvalue weighted by molar-refractivity contribution is 8.00. The van der Waals surface area contributed by atoms with Crippen LogP contribution in [0.1, 0.15) is 42.2 Å². The minimum Gasteiger partial charge on any atom is -0.490 e. The molecule has 2 aromatic carbocycles. The number of aromatic nitrogens is 1. The first kappa shape index (κ1) is 30.9. The van der Waals surface area contributed by atoms with Gasteiger partial charge >= 0.3 is 17.0 Å². The Labute approximate surface area is 269 Å². The maximum absolute atomic E-state index is 14.0. The molecule has 7 rings (SSSR count). The fourth-order valence-electron chi connectivity index (χ4n) is 7.91. The standard InChI is InChI=1S/C32H29F3N2O7S2/c1-3-42-20-10-14(8-9-19(20)44-13-21(38)43-4-2)22-23-17-12-18(26(23)45-28-27(22)46-31(41)36-28)25-24(17)29(39)37(30(25)40)16-7-5-6-15(11-16)32(33,34)35/h5-11,17-18,22-26H,3-4,12-13H2,1-2H3,(H,36,41)/t17-,18-,22+,23-,24+,25+,26-/m1/s1. The van der Waals surface area contributed by atoms with E-state index in [2.05, 4.69) is 4.98 Å². The third-order valence-corrected chi connectivity index (χ3v) is 12.0. The van der Waals surface area contributed by atoms with Crippen LogP contribution in [0.3, 0.4) is 0 Å². The number of hydrogen-bond donors (Lipinski definition) is 1. The van der Waals surface area contributed by atoms with Crippen LogP contribution in [-0.4, -0.2) is 47.8 Å². The Morgan fingerprint density at radius 2 is 1.74 bits per heavy atom. The molecule has 1 aromatic heterocycles. The largest absolute Gasteiger partial charge is 0.490 e. The van der Waals surface area contributed by atoms with Crippen LogP contribution in [0.15, 0.2) is 52.3 Å². The molecule has 2 aliphatic carbocycles. The molecule has 2 aliphatic heterocycles. The first-order valence-electron chi connectivity index (χ1n) is 15.0. The molecule has 2 amide bonds. The lowest BCUT2D eigenvalue weighted by atomic mass is 9.68. The molecular formula is C32H29F3N2O7S2. The molecule has 4 aliphatic rings. The zero-order chi connectivity index (χ0) is 32.5. The van der Waals surface area contributed by atoms with Crippen molar-refractivity contribution >= 4 is 46.6 Å². The van der Waals surface area contributed by atoms with Crippen LogP contribution in [0.2, 0.25) is 0 Å². The molecule has 3 heterocycles. The highest BCUT2D eigenvalue weighted by Crippen LogP contribution is 2.69. The van der Waals surface area contributed by atoms with Crippen molar-refractivity contribution < 1.29 is 41.8 Å². The Kier molecular flexibility index (Phi) is 7.70. The molecule has 2 bridgehead atoms. The normalized spacial score (nSPS) is 27.8. The molecule has 3 aromatic rings. The Bertz CT molecular complexity index is 1790. The van der Waals surface area contributed by atoms with Crippen molar-refractivity contribution in [1.29, 1.82) is 0 Å². The van der Waals surface area contributed by atoms with Gasteiger partial charge in [-0.2, -0.15) is 13.2 Å². The number of amides is 2. The molecule has 3 fully saturated rings. The second-order valence-corrected chi connectivity index (χ2v) is 14.0. The smallest absolute Gasteiger partial charge is 0.416 e. The van der Waals surface area contributed by atoms with E-state index in [1.54, 1.807) is 13.0 Å². The molecular weight excluding hydrogens is 645 g/mol. The van der Waals surface area contributed by atoms with Crippen LogP contribution in [0.5, 0.6) is 11.5 Å². The summed E-state index contributed by atoms with van der Waals surface area (Å²) in [5.41, 5.74) is -0.175. The van der Waals surface area contributed by atoms with Crippen molar-refractivity contribution in [3.63, 3.8) is 0 Å². The lowest BCUT2D eigenvalue weighted by Gasteiger charge is -2.43. The quantitative estimate of drug-likeness (QED) is 0.247. The number of ether oxygens (including phenoxy) is 3. The van der Waals surface area contributed by atoms with Crippen molar-refractivity contribution in [3.05, 3.63) is 68.1 Å². The summed E-state index contributed by atoms with van der Waals surface area (Å²) >= 11 is 2.62. The minimum absolute atomic E-state index is 0.0750. The molecule has 2 saturated carbocycles. The topological polar surface area (TPSA) is 115 Å². The number of imide groups is 1. The maximum Gasteiger partial charge on any atom is 0.416 e. The number of thioether (sulfide) groups is 1. The van der Waals surface area contributed by atoms with E-state index in [-0.39, 0.29) is 52.7 Å². The zero-order valence-corrected chi connectivity index (χ0v) is 26.3. The first-order valence-corrected chi connectivity index (χ1v) is 16.7. The minimum atomic E-state index is -4.62. The number of alkyl halides is 3. The van der Waals surface area contributed by atoms with Gasteiger partial charge < -0.3 is 19.2 Å². The van der Waals surface area contributed by atoms with Crippen LogP contribution >= 0.6 is 23.1 Å². The number of nitrogens with zero attached hydrogens (tertiary/aromatic N) is 1. The summed E-state index contributed by atoms with van der Waals surface area (Å²) in [7, 11) is 0. The van der Waals surface area contributed by atoms with E-state index in [0.29, 0.717) is 24.5 Å². The van der Waals surface area contributed by atoms with E-state index in [9.17, 15) is 32.3 Å². The Hall–Kier alpha value is -3.78. The van der Waals surface area contributed by atoms with Gasteiger partial charge in [-0.25, -0.2) is 4.79 Å². The predicted molar refractivity (Wildman–Crippen MR) is 162 cm³/mol. The van der Waals surface area contributed by atoms with Gasteiger partial charge in [0, 0.05) is 16.0 Å². The molecule has 1 saturated heterocycles. The lowest BCUT2D eigenvalue weighted by molar-refractivity contribution is -0.145. The monoisotopic (exact) mass is 674 g/mol. The fraction of sp³-hybridized carbons (Fsp3) is 0.438. The average Bonchev–Trinajstić information content (AvgIpc) is 3.75. The number of carbonyl (C=O) groups is 3. The number of halogens is 3. The van der Waals surface area contributed by atoms with E-state index in [1.807, 2.05) is 19.1 Å². The number of carbonyl (C=O) groups excluding carboxylic acids is 3. The third-order valence-electron chi connectivity index (χ3n) is 9.43. The lowest BCUT2D eigenvalue weighted by Crippen LogP contribution is -2.42. The third kappa shape index (κ3) is 4.91. The summed E-state index contributed by atoms with van der Waals surface area (Å²) < 4.78 is 57.1. The number of nitrogens with one attached hydrogen (secondary N) is 1. The fourth-order valence-corrected chi connectivity index (χ4v) is 10.8. The number of rotatable bonds is 8. The number of hydrogen-bond acceptors (Lipinski definition) is 9. The first-order chi connectivity index (χ1) is 22.0. The number of esters is 1. The van der Waals surface area contributed by atoms with Crippen molar-refractivity contribution in [2.24, 2.45) is 29.6 Å². The van der Waals surface area contributed by atoms with Gasteiger partial charge in [0.25, 0.3) is 0 Å². The van der Waals surface area contributed by atoms with Crippen molar-refractivity contribution in [2.45, 2.75) is 42.6 Å². The summed E-state index contributed by atoms with van der Waals surface area (Å²) in [4.78, 5) is 56.8. The summed E-state index contributed by atoms with van der Waals surface area (Å²) in [6.07, 6.45) is -4.00. The Morgan fingerprint density at radius 3 is 2.46 bits per heavy atom. The van der Waals surface area contributed by atoms with E-state index >= 15 is 0 Å². The zero-order valence-electron chi connectivity index (χ0n) is 24.7. The summed E-state index contributed by atoms with van der Waals surface area (Å²) in [6, 6.07) is 9.73. The summed E-state index contributed by atoms with van der Waals surface area (Å²) in [5.74, 6) is -2.90. The molecule has 0 spiro atoms. The highest BCUT2D eigenvalue weighted by atomic mass is 32.2. The average molecular weight is 675 g/mol. The number of anilines is 1. The van der Waals surface area contributed by atoms with Gasteiger partial charge in [0.05, 0.1) is 41.3 Å². The van der Waals surface area contributed by atoms with Gasteiger partial charge in [-0.1, -0.05) is 23.5 Å². The van der Waals surface area contributed by atoms with Crippen LogP contribution in [0.25, 0.3) is 0 Å². The van der Waals surface area contributed by atoms with E-state index < -0.39 is 41.4 Å². The van der Waals surface area contributed by atoms with Crippen LogP contribution in [-0.2, 0) is 25.3 Å². The van der Waals surface area contributed by atoms with Crippen molar-refractivity contribution in [3.8, 4) is 11.5 Å². The molecule has 0 unspecified atom stereocenters. The molecule has 46 heavy (non-hydrogen) atoms. The molecule has 14 heteroatoms. The molecule has 1 N–H and O–H groups in total. The van der Waals surface area contributed by atoms with E-state index in [0.717, 1.165) is 43.8 Å². The van der Waals surface area contributed by atoms with Gasteiger partial charge in [-0.15, -0.1) is 11.8 Å². The molecule has 7 atom stereocenters. The highest BCUT2D eigenvalue weighted by Gasteiger charge is 2.69. The van der Waals surface area contributed by atoms with Gasteiger partial charge in [0.2, 0.25) is 11.8 Å². The molecule has 242 valence electrons.